The van der Waals surface area contributed by atoms with E-state index in [0.717, 1.165) is 31.6 Å². The minimum absolute atomic E-state index is 0.337. The molecule has 1 spiro atoms. The van der Waals surface area contributed by atoms with E-state index in [1.165, 1.54) is 25.7 Å². The molecule has 0 aromatic heterocycles. The van der Waals surface area contributed by atoms with E-state index in [4.69, 9.17) is 28.3 Å². The summed E-state index contributed by atoms with van der Waals surface area (Å²) in [6, 6.07) is 5.73. The fraction of sp³-hybridized carbons (Fsp3) is 0.611. The number of carbonyl (C=O) groups is 1. The molecule has 3 nitrogen and oxygen atoms in total. The first kappa shape index (κ1) is 16.9. The zero-order chi connectivity index (χ0) is 16.4. The molecule has 1 saturated carbocycles. The third-order valence-electron chi connectivity index (χ3n) is 5.67. The third-order valence-corrected chi connectivity index (χ3v) is 6.10. The van der Waals surface area contributed by atoms with Gasteiger partial charge in [0.25, 0.3) is 0 Å². The van der Waals surface area contributed by atoms with Crippen molar-refractivity contribution in [2.45, 2.75) is 44.9 Å². The Bertz CT molecular complexity index is 552. The maximum atomic E-state index is 10.9. The average molecular weight is 356 g/mol. The highest BCUT2D eigenvalue weighted by Crippen LogP contribution is 2.47. The number of piperidine rings is 1. The summed E-state index contributed by atoms with van der Waals surface area (Å²) in [5.74, 6) is -0.276. The van der Waals surface area contributed by atoms with Gasteiger partial charge in [-0.3, -0.25) is 4.79 Å². The molecule has 1 saturated heterocycles. The number of hydrogen-bond acceptors (Lipinski definition) is 2. The molecule has 1 aromatic carbocycles. The Kier molecular flexibility index (Phi) is 5.07. The van der Waals surface area contributed by atoms with Gasteiger partial charge in [0.05, 0.1) is 0 Å². The summed E-state index contributed by atoms with van der Waals surface area (Å²) in [7, 11) is 0. The second-order valence-electron chi connectivity index (χ2n) is 7.16. The van der Waals surface area contributed by atoms with Crippen LogP contribution in [0.15, 0.2) is 18.2 Å². The first-order valence-electron chi connectivity index (χ1n) is 8.39. The first-order valence-corrected chi connectivity index (χ1v) is 9.14. The minimum atomic E-state index is -0.654. The molecule has 0 atom stereocenters. The SMILES string of the molecule is O=C(O)CC1CCC2(CC1)CCN(c1cc(Cl)cc(Cl)c1)CC2. The lowest BCUT2D eigenvalue weighted by Gasteiger charge is -2.46. The van der Waals surface area contributed by atoms with Crippen molar-refractivity contribution >= 4 is 34.9 Å². The van der Waals surface area contributed by atoms with Gasteiger partial charge in [0, 0.05) is 35.2 Å². The fourth-order valence-electron chi connectivity index (χ4n) is 4.20. The molecule has 3 rings (SSSR count). The molecular formula is C18H23Cl2NO2. The molecule has 1 aromatic rings. The average Bonchev–Trinajstić information content (AvgIpc) is 2.49. The lowest BCUT2D eigenvalue weighted by Crippen LogP contribution is -2.42. The number of carboxylic acid groups (broad SMARTS) is 1. The highest BCUT2D eigenvalue weighted by molar-refractivity contribution is 6.35. The summed E-state index contributed by atoms with van der Waals surface area (Å²) in [5.41, 5.74) is 1.53. The molecule has 0 radical (unpaired) electrons. The van der Waals surface area contributed by atoms with Crippen molar-refractivity contribution < 1.29 is 9.90 Å². The normalized spacial score (nSPS) is 21.6. The standard InChI is InChI=1S/C18H23Cl2NO2/c19-14-10-15(20)12-16(11-14)21-7-5-18(6-8-21)3-1-13(2-4-18)9-17(22)23/h10-13H,1-9H2,(H,22,23). The van der Waals surface area contributed by atoms with E-state index in [9.17, 15) is 4.79 Å². The van der Waals surface area contributed by atoms with Crippen LogP contribution in [0.1, 0.15) is 44.9 Å². The van der Waals surface area contributed by atoms with Gasteiger partial charge in [-0.2, -0.15) is 0 Å². The van der Waals surface area contributed by atoms with Gasteiger partial charge in [-0.25, -0.2) is 0 Å². The van der Waals surface area contributed by atoms with E-state index in [1.807, 2.05) is 12.1 Å². The molecule has 1 N–H and O–H groups in total. The Morgan fingerprint density at radius 2 is 1.65 bits per heavy atom. The first-order chi connectivity index (χ1) is 11.0. The number of nitrogens with zero attached hydrogens (tertiary/aromatic N) is 1. The molecule has 0 unspecified atom stereocenters. The second kappa shape index (κ2) is 6.90. The number of anilines is 1. The van der Waals surface area contributed by atoms with E-state index >= 15 is 0 Å². The molecule has 0 bridgehead atoms. The van der Waals surface area contributed by atoms with Crippen LogP contribution in [0.2, 0.25) is 10.0 Å². The molecule has 1 heterocycles. The van der Waals surface area contributed by atoms with Crippen molar-refractivity contribution in [3.8, 4) is 0 Å². The molecule has 1 aliphatic heterocycles. The largest absolute Gasteiger partial charge is 0.481 e. The van der Waals surface area contributed by atoms with Gasteiger partial charge < -0.3 is 10.0 Å². The van der Waals surface area contributed by atoms with E-state index < -0.39 is 5.97 Å². The van der Waals surface area contributed by atoms with Crippen LogP contribution >= 0.6 is 23.2 Å². The summed E-state index contributed by atoms with van der Waals surface area (Å²) in [5, 5.41) is 10.3. The number of rotatable bonds is 3. The van der Waals surface area contributed by atoms with Crippen molar-refractivity contribution in [1.82, 2.24) is 0 Å². The van der Waals surface area contributed by atoms with Crippen LogP contribution in [-0.4, -0.2) is 24.2 Å². The zero-order valence-corrected chi connectivity index (χ0v) is 14.7. The van der Waals surface area contributed by atoms with Crippen molar-refractivity contribution in [3.63, 3.8) is 0 Å². The third kappa shape index (κ3) is 4.13. The predicted octanol–water partition coefficient (Wildman–Crippen LogP) is 5.24. The Morgan fingerprint density at radius 1 is 1.09 bits per heavy atom. The minimum Gasteiger partial charge on any atom is -0.481 e. The molecular weight excluding hydrogens is 333 g/mol. The van der Waals surface area contributed by atoms with Gasteiger partial charge in [-0.05, 0) is 68.1 Å². The molecule has 23 heavy (non-hydrogen) atoms. The second-order valence-corrected chi connectivity index (χ2v) is 8.03. The van der Waals surface area contributed by atoms with Crippen molar-refractivity contribution in [2.75, 3.05) is 18.0 Å². The summed E-state index contributed by atoms with van der Waals surface area (Å²) >= 11 is 12.2. The van der Waals surface area contributed by atoms with Gasteiger partial charge in [0.2, 0.25) is 0 Å². The molecule has 1 aliphatic carbocycles. The molecule has 2 aliphatic rings. The highest BCUT2D eigenvalue weighted by atomic mass is 35.5. The Balaban J connectivity index is 1.57. The van der Waals surface area contributed by atoms with Crippen molar-refractivity contribution in [2.24, 2.45) is 11.3 Å². The summed E-state index contributed by atoms with van der Waals surface area (Å²) in [6.07, 6.45) is 7.17. The number of hydrogen-bond donors (Lipinski definition) is 1. The van der Waals surface area contributed by atoms with E-state index in [0.29, 0.717) is 27.8 Å². The van der Waals surface area contributed by atoms with Crippen molar-refractivity contribution in [3.05, 3.63) is 28.2 Å². The lowest BCUT2D eigenvalue weighted by atomic mass is 9.65. The topological polar surface area (TPSA) is 40.5 Å². The van der Waals surface area contributed by atoms with Crippen LogP contribution in [0.4, 0.5) is 5.69 Å². The summed E-state index contributed by atoms with van der Waals surface area (Å²) < 4.78 is 0. The van der Waals surface area contributed by atoms with E-state index in [2.05, 4.69) is 4.90 Å². The Morgan fingerprint density at radius 3 is 2.17 bits per heavy atom. The van der Waals surface area contributed by atoms with Gasteiger partial charge >= 0.3 is 5.97 Å². The Hall–Kier alpha value is -0.930. The quantitative estimate of drug-likeness (QED) is 0.805. The van der Waals surface area contributed by atoms with Crippen molar-refractivity contribution in [1.29, 1.82) is 0 Å². The van der Waals surface area contributed by atoms with Crippen LogP contribution < -0.4 is 4.90 Å². The molecule has 0 amide bonds. The molecule has 126 valence electrons. The summed E-state index contributed by atoms with van der Waals surface area (Å²) in [6.45, 7) is 2.06. The number of carboxylic acids is 1. The predicted molar refractivity (Wildman–Crippen MR) is 94.6 cm³/mol. The number of halogens is 2. The zero-order valence-electron chi connectivity index (χ0n) is 13.2. The van der Waals surface area contributed by atoms with Gasteiger partial charge in [-0.1, -0.05) is 23.2 Å². The summed E-state index contributed by atoms with van der Waals surface area (Å²) in [4.78, 5) is 13.2. The van der Waals surface area contributed by atoms with Crippen LogP contribution in [0.5, 0.6) is 0 Å². The van der Waals surface area contributed by atoms with Gasteiger partial charge in [-0.15, -0.1) is 0 Å². The Labute approximate surface area is 147 Å². The van der Waals surface area contributed by atoms with Crippen LogP contribution in [0.3, 0.4) is 0 Å². The smallest absolute Gasteiger partial charge is 0.303 e. The highest BCUT2D eigenvalue weighted by Gasteiger charge is 2.38. The molecule has 5 heteroatoms. The van der Waals surface area contributed by atoms with Crippen LogP contribution in [-0.2, 0) is 4.79 Å². The monoisotopic (exact) mass is 355 g/mol. The van der Waals surface area contributed by atoms with E-state index in [-0.39, 0.29) is 0 Å². The van der Waals surface area contributed by atoms with E-state index in [1.54, 1.807) is 6.07 Å². The van der Waals surface area contributed by atoms with Crippen LogP contribution in [0.25, 0.3) is 0 Å². The van der Waals surface area contributed by atoms with Gasteiger partial charge in [0.1, 0.15) is 0 Å². The van der Waals surface area contributed by atoms with Crippen LogP contribution in [0, 0.1) is 11.3 Å². The molecule has 2 fully saturated rings. The fourth-order valence-corrected chi connectivity index (χ4v) is 4.72. The lowest BCUT2D eigenvalue weighted by molar-refractivity contribution is -0.138. The maximum Gasteiger partial charge on any atom is 0.303 e. The maximum absolute atomic E-state index is 10.9. The van der Waals surface area contributed by atoms with Gasteiger partial charge in [0.15, 0.2) is 0 Å². The number of benzene rings is 1. The number of aliphatic carboxylic acids is 1.